The van der Waals surface area contributed by atoms with Crippen molar-refractivity contribution in [1.29, 1.82) is 0 Å². The molecule has 3 rings (SSSR count). The highest BCUT2D eigenvalue weighted by atomic mass is 19.1. The van der Waals surface area contributed by atoms with Crippen LogP contribution in [0.5, 0.6) is 0 Å². The van der Waals surface area contributed by atoms with Gasteiger partial charge in [-0.05, 0) is 37.0 Å². The minimum atomic E-state index is -0.398. The summed E-state index contributed by atoms with van der Waals surface area (Å²) in [6.45, 7) is 0.624. The molecule has 0 saturated heterocycles. The monoisotopic (exact) mass is 260 g/mol. The first-order valence-electron chi connectivity index (χ1n) is 6.29. The summed E-state index contributed by atoms with van der Waals surface area (Å²) < 4.78 is 14.6. The minimum Gasteiger partial charge on any atom is -0.297 e. The fraction of sp³-hybridized carbons (Fsp3) is 0.286. The third-order valence-electron chi connectivity index (χ3n) is 3.49. The van der Waals surface area contributed by atoms with Gasteiger partial charge in [0, 0.05) is 12.2 Å². The van der Waals surface area contributed by atoms with Crippen molar-refractivity contribution in [2.24, 2.45) is 0 Å². The van der Waals surface area contributed by atoms with Crippen LogP contribution in [0.3, 0.4) is 0 Å². The van der Waals surface area contributed by atoms with Gasteiger partial charge in [-0.1, -0.05) is 12.1 Å². The fourth-order valence-corrected chi connectivity index (χ4v) is 2.59. The van der Waals surface area contributed by atoms with Gasteiger partial charge in [0.25, 0.3) is 5.56 Å². The molecule has 0 fully saturated rings. The first-order valence-corrected chi connectivity index (χ1v) is 6.29. The van der Waals surface area contributed by atoms with Crippen LogP contribution in [0.1, 0.15) is 18.5 Å². The number of nitrogens with one attached hydrogen (secondary N) is 1. The van der Waals surface area contributed by atoms with Crippen LogP contribution in [0.2, 0.25) is 0 Å². The van der Waals surface area contributed by atoms with E-state index in [2.05, 4.69) is 4.98 Å². The Kier molecular flexibility index (Phi) is 2.81. The lowest BCUT2D eigenvalue weighted by Crippen LogP contribution is -2.35. The summed E-state index contributed by atoms with van der Waals surface area (Å²) in [4.78, 5) is 26.1. The van der Waals surface area contributed by atoms with Crippen LogP contribution >= 0.6 is 0 Å². The third kappa shape index (κ3) is 2.01. The van der Waals surface area contributed by atoms with Gasteiger partial charge in [-0.25, -0.2) is 9.18 Å². The number of rotatable bonds is 1. The van der Waals surface area contributed by atoms with Crippen molar-refractivity contribution >= 4 is 0 Å². The van der Waals surface area contributed by atoms with Crippen LogP contribution in [0, 0.1) is 5.82 Å². The highest BCUT2D eigenvalue weighted by molar-refractivity contribution is 5.65. The standard InChI is InChI=1S/C14H13FN2O2/c15-10-6-4-9(5-7-10)12-11-3-1-2-8-17(11)14(19)16-13(12)18/h4-7H,1-3,8H2,(H,16,18,19). The van der Waals surface area contributed by atoms with Gasteiger partial charge in [0.05, 0.1) is 5.56 Å². The van der Waals surface area contributed by atoms with Gasteiger partial charge in [0.1, 0.15) is 5.82 Å². The molecule has 0 saturated carbocycles. The van der Waals surface area contributed by atoms with E-state index in [1.165, 1.54) is 12.1 Å². The van der Waals surface area contributed by atoms with Gasteiger partial charge in [0.15, 0.2) is 0 Å². The predicted molar refractivity (Wildman–Crippen MR) is 69.7 cm³/mol. The Balaban J connectivity index is 2.29. The van der Waals surface area contributed by atoms with E-state index >= 15 is 0 Å². The number of hydrogen-bond acceptors (Lipinski definition) is 2. The molecule has 5 heteroatoms. The Morgan fingerprint density at radius 3 is 2.58 bits per heavy atom. The number of H-pyrrole nitrogens is 1. The van der Waals surface area contributed by atoms with Gasteiger partial charge >= 0.3 is 5.69 Å². The Labute approximate surface area is 108 Å². The van der Waals surface area contributed by atoms with Crippen molar-refractivity contribution < 1.29 is 4.39 Å². The third-order valence-corrected chi connectivity index (χ3v) is 3.49. The molecule has 1 N–H and O–H groups in total. The lowest BCUT2D eigenvalue weighted by atomic mass is 9.99. The molecular weight excluding hydrogens is 247 g/mol. The summed E-state index contributed by atoms with van der Waals surface area (Å²) in [6.07, 6.45) is 2.59. The molecule has 1 aromatic heterocycles. The number of aromatic amines is 1. The van der Waals surface area contributed by atoms with E-state index in [1.54, 1.807) is 16.7 Å². The Bertz CT molecular complexity index is 729. The summed E-state index contributed by atoms with van der Waals surface area (Å²) in [6, 6.07) is 5.78. The van der Waals surface area contributed by atoms with Crippen molar-refractivity contribution in [2.45, 2.75) is 25.8 Å². The Morgan fingerprint density at radius 2 is 1.84 bits per heavy atom. The number of aromatic nitrogens is 2. The Morgan fingerprint density at radius 1 is 1.11 bits per heavy atom. The molecule has 1 aliphatic heterocycles. The maximum Gasteiger partial charge on any atom is 0.328 e. The molecule has 98 valence electrons. The molecule has 2 aromatic rings. The smallest absolute Gasteiger partial charge is 0.297 e. The molecule has 0 bridgehead atoms. The van der Waals surface area contributed by atoms with E-state index in [-0.39, 0.29) is 11.5 Å². The maximum atomic E-state index is 13.0. The number of hydrogen-bond donors (Lipinski definition) is 1. The second kappa shape index (κ2) is 4.50. The summed E-state index contributed by atoms with van der Waals surface area (Å²) >= 11 is 0. The van der Waals surface area contributed by atoms with E-state index in [0.717, 1.165) is 18.5 Å². The van der Waals surface area contributed by atoms with Crippen LogP contribution in [-0.4, -0.2) is 9.55 Å². The number of fused-ring (bicyclic) bond motifs is 1. The van der Waals surface area contributed by atoms with Crippen molar-refractivity contribution in [2.75, 3.05) is 0 Å². The molecule has 2 heterocycles. The summed E-state index contributed by atoms with van der Waals surface area (Å²) in [5.74, 6) is -0.345. The lowest BCUT2D eigenvalue weighted by Gasteiger charge is -2.20. The average molecular weight is 260 g/mol. The van der Waals surface area contributed by atoms with Crippen LogP contribution in [0.4, 0.5) is 4.39 Å². The molecule has 0 spiro atoms. The molecule has 0 radical (unpaired) electrons. The number of halogens is 1. The largest absolute Gasteiger partial charge is 0.328 e. The SMILES string of the molecule is O=c1[nH]c(=O)n2c(c1-c1ccc(F)cc1)CCCC2. The zero-order valence-electron chi connectivity index (χ0n) is 10.3. The molecule has 0 atom stereocenters. The molecular formula is C14H13FN2O2. The van der Waals surface area contributed by atoms with E-state index < -0.39 is 5.56 Å². The topological polar surface area (TPSA) is 54.9 Å². The highest BCUT2D eigenvalue weighted by Crippen LogP contribution is 2.23. The zero-order chi connectivity index (χ0) is 13.4. The number of nitrogens with zero attached hydrogens (tertiary/aromatic N) is 1. The number of benzene rings is 1. The predicted octanol–water partition coefficient (Wildman–Crippen LogP) is 1.68. The van der Waals surface area contributed by atoms with Crippen molar-refractivity contribution in [3.63, 3.8) is 0 Å². The van der Waals surface area contributed by atoms with Crippen LogP contribution in [-0.2, 0) is 13.0 Å². The lowest BCUT2D eigenvalue weighted by molar-refractivity contribution is 0.503. The molecule has 1 aliphatic rings. The quantitative estimate of drug-likeness (QED) is 0.848. The second-order valence-electron chi connectivity index (χ2n) is 4.70. The average Bonchev–Trinajstić information content (AvgIpc) is 2.41. The fourth-order valence-electron chi connectivity index (χ4n) is 2.59. The van der Waals surface area contributed by atoms with E-state index in [9.17, 15) is 14.0 Å². The van der Waals surface area contributed by atoms with Crippen molar-refractivity contribution in [3.05, 3.63) is 56.6 Å². The Hall–Kier alpha value is -2.17. The van der Waals surface area contributed by atoms with Gasteiger partial charge in [0.2, 0.25) is 0 Å². The van der Waals surface area contributed by atoms with Gasteiger partial charge < -0.3 is 0 Å². The van der Waals surface area contributed by atoms with Crippen LogP contribution in [0.25, 0.3) is 11.1 Å². The van der Waals surface area contributed by atoms with E-state index in [4.69, 9.17) is 0 Å². The van der Waals surface area contributed by atoms with Crippen LogP contribution < -0.4 is 11.2 Å². The van der Waals surface area contributed by atoms with Crippen molar-refractivity contribution in [1.82, 2.24) is 9.55 Å². The molecule has 19 heavy (non-hydrogen) atoms. The van der Waals surface area contributed by atoms with Gasteiger partial charge in [-0.3, -0.25) is 14.3 Å². The summed E-state index contributed by atoms with van der Waals surface area (Å²) in [7, 11) is 0. The van der Waals surface area contributed by atoms with E-state index in [0.29, 0.717) is 24.1 Å². The van der Waals surface area contributed by atoms with Crippen molar-refractivity contribution in [3.8, 4) is 11.1 Å². The summed E-state index contributed by atoms with van der Waals surface area (Å²) in [5.41, 5.74) is 1.13. The van der Waals surface area contributed by atoms with Gasteiger partial charge in [-0.15, -0.1) is 0 Å². The first-order chi connectivity index (χ1) is 9.16. The minimum absolute atomic E-state index is 0.345. The summed E-state index contributed by atoms with van der Waals surface area (Å²) in [5, 5.41) is 0. The van der Waals surface area contributed by atoms with E-state index in [1.807, 2.05) is 0 Å². The molecule has 0 aliphatic carbocycles. The normalized spacial score (nSPS) is 14.2. The highest BCUT2D eigenvalue weighted by Gasteiger charge is 2.18. The van der Waals surface area contributed by atoms with Gasteiger partial charge in [-0.2, -0.15) is 0 Å². The second-order valence-corrected chi connectivity index (χ2v) is 4.70. The maximum absolute atomic E-state index is 13.0. The molecule has 0 unspecified atom stereocenters. The molecule has 0 amide bonds. The van der Waals surface area contributed by atoms with Crippen LogP contribution in [0.15, 0.2) is 33.9 Å². The molecule has 4 nitrogen and oxygen atoms in total. The zero-order valence-corrected chi connectivity index (χ0v) is 10.3. The first kappa shape index (κ1) is 11.9. The molecule has 1 aromatic carbocycles.